The van der Waals surface area contributed by atoms with Crippen molar-refractivity contribution in [1.29, 1.82) is 0 Å². The van der Waals surface area contributed by atoms with Crippen molar-refractivity contribution in [2.75, 3.05) is 20.2 Å². The van der Waals surface area contributed by atoms with Crippen LogP contribution in [0.3, 0.4) is 0 Å². The van der Waals surface area contributed by atoms with Crippen molar-refractivity contribution in [2.24, 2.45) is 0 Å². The Kier molecular flexibility index (Phi) is 5.39. The minimum atomic E-state index is -0.955. The number of carboxylic acids is 1. The molecular weight excluding hydrogens is 218 g/mol. The van der Waals surface area contributed by atoms with Crippen molar-refractivity contribution < 1.29 is 15.0 Å². The average molecular weight is 235 g/mol. The molecule has 4 nitrogen and oxygen atoms in total. The molecule has 0 saturated heterocycles. The van der Waals surface area contributed by atoms with E-state index in [1.54, 1.807) is 6.08 Å². The zero-order chi connectivity index (χ0) is 12.7. The molecule has 0 radical (unpaired) electrons. The molecule has 17 heavy (non-hydrogen) atoms. The predicted octanol–water partition coefficient (Wildman–Crippen LogP) is 1.21. The summed E-state index contributed by atoms with van der Waals surface area (Å²) < 4.78 is 0. The average Bonchev–Trinajstić information content (AvgIpc) is 2.28. The molecule has 0 aliphatic carbocycles. The summed E-state index contributed by atoms with van der Waals surface area (Å²) in [5, 5.41) is 17.4. The molecule has 1 aromatic rings. The first-order valence-electron chi connectivity index (χ1n) is 5.42. The molecule has 0 bridgehead atoms. The lowest BCUT2D eigenvalue weighted by molar-refractivity contribution is -0.131. The van der Waals surface area contributed by atoms with Gasteiger partial charge in [-0.2, -0.15) is 0 Å². The number of rotatable bonds is 6. The van der Waals surface area contributed by atoms with Gasteiger partial charge in [-0.25, -0.2) is 4.79 Å². The van der Waals surface area contributed by atoms with Crippen molar-refractivity contribution in [3.63, 3.8) is 0 Å². The van der Waals surface area contributed by atoms with Gasteiger partial charge in [0.05, 0.1) is 6.61 Å². The van der Waals surface area contributed by atoms with Gasteiger partial charge in [0, 0.05) is 19.2 Å². The molecule has 0 atom stereocenters. The van der Waals surface area contributed by atoms with E-state index in [1.165, 1.54) is 0 Å². The number of carboxylic acid groups (broad SMARTS) is 1. The summed E-state index contributed by atoms with van der Waals surface area (Å²) in [7, 11) is 1.91. The number of benzene rings is 1. The van der Waals surface area contributed by atoms with E-state index in [0.29, 0.717) is 13.1 Å². The van der Waals surface area contributed by atoms with E-state index in [4.69, 9.17) is 10.2 Å². The molecule has 2 N–H and O–H groups in total. The first kappa shape index (κ1) is 13.4. The highest BCUT2D eigenvalue weighted by atomic mass is 16.4. The van der Waals surface area contributed by atoms with Gasteiger partial charge in [-0.05, 0) is 24.3 Å². The van der Waals surface area contributed by atoms with Gasteiger partial charge in [0.2, 0.25) is 0 Å². The lowest BCUT2D eigenvalue weighted by atomic mass is 10.1. The van der Waals surface area contributed by atoms with Gasteiger partial charge >= 0.3 is 5.97 Å². The largest absolute Gasteiger partial charge is 0.478 e. The molecule has 1 rings (SSSR count). The molecule has 0 saturated carbocycles. The van der Waals surface area contributed by atoms with Gasteiger partial charge in [-0.3, -0.25) is 4.90 Å². The quantitative estimate of drug-likeness (QED) is 0.728. The number of aliphatic hydroxyl groups is 1. The molecule has 0 fully saturated rings. The maximum atomic E-state index is 10.5. The second kappa shape index (κ2) is 6.83. The van der Waals surface area contributed by atoms with E-state index in [2.05, 4.69) is 0 Å². The van der Waals surface area contributed by atoms with E-state index in [9.17, 15) is 4.79 Å². The van der Waals surface area contributed by atoms with Crippen LogP contribution in [0.2, 0.25) is 0 Å². The van der Waals surface area contributed by atoms with Crippen LogP contribution in [-0.2, 0) is 11.3 Å². The van der Waals surface area contributed by atoms with Crippen LogP contribution in [0.15, 0.2) is 30.3 Å². The summed E-state index contributed by atoms with van der Waals surface area (Å²) in [5.74, 6) is -0.955. The Bertz CT molecular complexity index is 401. The predicted molar refractivity (Wildman–Crippen MR) is 66.5 cm³/mol. The number of hydrogen-bond acceptors (Lipinski definition) is 3. The van der Waals surface area contributed by atoms with Crippen LogP contribution >= 0.6 is 0 Å². The smallest absolute Gasteiger partial charge is 0.328 e. The lowest BCUT2D eigenvalue weighted by Gasteiger charge is -2.16. The Morgan fingerprint density at radius 2 is 2.12 bits per heavy atom. The van der Waals surface area contributed by atoms with Crippen LogP contribution in [0.5, 0.6) is 0 Å². The first-order chi connectivity index (χ1) is 8.13. The van der Waals surface area contributed by atoms with E-state index < -0.39 is 5.97 Å². The summed E-state index contributed by atoms with van der Waals surface area (Å²) >= 11 is 0. The summed E-state index contributed by atoms with van der Waals surface area (Å²) in [5.41, 5.74) is 1.93. The molecule has 1 aromatic carbocycles. The minimum Gasteiger partial charge on any atom is -0.478 e. The van der Waals surface area contributed by atoms with Gasteiger partial charge in [-0.15, -0.1) is 0 Å². The summed E-state index contributed by atoms with van der Waals surface area (Å²) in [4.78, 5) is 12.5. The Balaban J connectivity index is 2.80. The van der Waals surface area contributed by atoms with Crippen LogP contribution in [0.4, 0.5) is 0 Å². The Morgan fingerprint density at radius 3 is 2.76 bits per heavy atom. The van der Waals surface area contributed by atoms with Crippen LogP contribution in [0.1, 0.15) is 11.1 Å². The third-order valence-electron chi connectivity index (χ3n) is 2.38. The summed E-state index contributed by atoms with van der Waals surface area (Å²) in [6, 6.07) is 7.62. The number of carbonyl (C=O) groups is 1. The molecule has 0 aliphatic heterocycles. The van der Waals surface area contributed by atoms with E-state index >= 15 is 0 Å². The molecule has 0 heterocycles. The number of likely N-dealkylation sites (N-methyl/N-ethyl adjacent to an activating group) is 1. The highest BCUT2D eigenvalue weighted by molar-refractivity contribution is 5.85. The van der Waals surface area contributed by atoms with Crippen LogP contribution in [0, 0.1) is 0 Å². The fourth-order valence-corrected chi connectivity index (χ4v) is 1.54. The van der Waals surface area contributed by atoms with Gasteiger partial charge < -0.3 is 10.2 Å². The molecular formula is C13H17NO3. The van der Waals surface area contributed by atoms with E-state index in [0.717, 1.165) is 17.2 Å². The Hall–Kier alpha value is -1.65. The summed E-state index contributed by atoms with van der Waals surface area (Å²) in [6.45, 7) is 1.39. The molecule has 0 amide bonds. The number of nitrogens with zero attached hydrogens (tertiary/aromatic N) is 1. The lowest BCUT2D eigenvalue weighted by Crippen LogP contribution is -2.21. The van der Waals surface area contributed by atoms with Crippen molar-refractivity contribution in [1.82, 2.24) is 4.90 Å². The zero-order valence-electron chi connectivity index (χ0n) is 9.84. The maximum absolute atomic E-state index is 10.5. The normalized spacial score (nSPS) is 11.2. The highest BCUT2D eigenvalue weighted by Gasteiger charge is 2.03. The molecule has 4 heteroatoms. The summed E-state index contributed by atoms with van der Waals surface area (Å²) in [6.07, 6.45) is 2.72. The first-order valence-corrected chi connectivity index (χ1v) is 5.42. The number of aliphatic carboxylic acids is 1. The zero-order valence-corrected chi connectivity index (χ0v) is 9.84. The van der Waals surface area contributed by atoms with Gasteiger partial charge in [0.25, 0.3) is 0 Å². The van der Waals surface area contributed by atoms with Crippen LogP contribution in [0.25, 0.3) is 6.08 Å². The van der Waals surface area contributed by atoms with Crippen molar-refractivity contribution in [2.45, 2.75) is 6.54 Å². The molecule has 92 valence electrons. The maximum Gasteiger partial charge on any atom is 0.328 e. The minimum absolute atomic E-state index is 0.115. The third-order valence-corrected chi connectivity index (χ3v) is 2.38. The molecule has 0 unspecified atom stereocenters. The van der Waals surface area contributed by atoms with Crippen LogP contribution in [-0.4, -0.2) is 41.3 Å². The SMILES string of the molecule is CN(CCO)Cc1ccccc1C=CC(=O)O. The standard InChI is InChI=1S/C13H17NO3/c1-14(8-9-15)10-12-5-3-2-4-11(12)6-7-13(16)17/h2-7,15H,8-10H2,1H3,(H,16,17). The Morgan fingerprint density at radius 1 is 1.41 bits per heavy atom. The number of aliphatic hydroxyl groups excluding tert-OH is 1. The van der Waals surface area contributed by atoms with E-state index in [-0.39, 0.29) is 6.61 Å². The molecule has 0 aliphatic rings. The van der Waals surface area contributed by atoms with Crippen molar-refractivity contribution in [3.05, 3.63) is 41.5 Å². The van der Waals surface area contributed by atoms with Gasteiger partial charge in [0.15, 0.2) is 0 Å². The third kappa shape index (κ3) is 4.80. The number of hydrogen-bond donors (Lipinski definition) is 2. The second-order valence-electron chi connectivity index (χ2n) is 3.83. The fraction of sp³-hybridized carbons (Fsp3) is 0.308. The monoisotopic (exact) mass is 235 g/mol. The Labute approximate surface area is 101 Å². The van der Waals surface area contributed by atoms with Gasteiger partial charge in [0.1, 0.15) is 0 Å². The molecule has 0 aromatic heterocycles. The highest BCUT2D eigenvalue weighted by Crippen LogP contribution is 2.12. The van der Waals surface area contributed by atoms with E-state index in [1.807, 2.05) is 36.2 Å². The fourth-order valence-electron chi connectivity index (χ4n) is 1.54. The topological polar surface area (TPSA) is 60.8 Å². The van der Waals surface area contributed by atoms with Crippen molar-refractivity contribution >= 4 is 12.0 Å². The second-order valence-corrected chi connectivity index (χ2v) is 3.83. The van der Waals surface area contributed by atoms with Crippen LogP contribution < -0.4 is 0 Å². The van der Waals surface area contributed by atoms with Gasteiger partial charge in [-0.1, -0.05) is 24.3 Å². The molecule has 0 spiro atoms. The van der Waals surface area contributed by atoms with Crippen molar-refractivity contribution in [3.8, 4) is 0 Å².